The number of rotatable bonds is 3. The summed E-state index contributed by atoms with van der Waals surface area (Å²) in [6.45, 7) is 3.65. The van der Waals surface area contributed by atoms with Crippen molar-refractivity contribution in [3.05, 3.63) is 17.8 Å². The van der Waals surface area contributed by atoms with Crippen LogP contribution in [-0.2, 0) is 16.0 Å². The quantitative estimate of drug-likeness (QED) is 0.758. The first-order valence-electron chi connectivity index (χ1n) is 6.40. The number of aryl methyl sites for hydroxylation is 1. The molecule has 5 heteroatoms. The number of carbonyl (C=O) groups excluding carboxylic acids is 1. The molecule has 1 unspecified atom stereocenters. The van der Waals surface area contributed by atoms with Gasteiger partial charge < -0.3 is 9.64 Å². The average molecular weight is 249 g/mol. The van der Waals surface area contributed by atoms with E-state index >= 15 is 0 Å². The summed E-state index contributed by atoms with van der Waals surface area (Å²) in [4.78, 5) is 13.7. The summed E-state index contributed by atoms with van der Waals surface area (Å²) in [7, 11) is 1.44. The molecule has 0 saturated carbocycles. The third kappa shape index (κ3) is 2.78. The zero-order chi connectivity index (χ0) is 13.0. The highest BCUT2D eigenvalue weighted by Gasteiger charge is 2.27. The maximum atomic E-state index is 11.6. The van der Waals surface area contributed by atoms with Crippen LogP contribution in [0, 0.1) is 5.92 Å². The fourth-order valence-electron chi connectivity index (χ4n) is 2.25. The fourth-order valence-corrected chi connectivity index (χ4v) is 2.25. The highest BCUT2D eigenvalue weighted by atomic mass is 16.5. The molecule has 0 amide bonds. The van der Waals surface area contributed by atoms with Crippen LogP contribution in [0.1, 0.15) is 25.5 Å². The average Bonchev–Trinajstić information content (AvgIpc) is 2.46. The molecule has 0 spiro atoms. The molecular weight excluding hydrogens is 230 g/mol. The molecule has 0 radical (unpaired) electrons. The number of hydrogen-bond donors (Lipinski definition) is 0. The Labute approximate surface area is 107 Å². The zero-order valence-electron chi connectivity index (χ0n) is 10.9. The Bertz CT molecular complexity index is 405. The smallest absolute Gasteiger partial charge is 0.310 e. The number of aromatic nitrogens is 2. The molecule has 1 aliphatic heterocycles. The van der Waals surface area contributed by atoms with Gasteiger partial charge in [-0.3, -0.25) is 4.79 Å². The van der Waals surface area contributed by atoms with Gasteiger partial charge in [-0.2, -0.15) is 5.10 Å². The van der Waals surface area contributed by atoms with E-state index in [0.717, 1.165) is 37.3 Å². The Morgan fingerprint density at radius 3 is 2.94 bits per heavy atom. The van der Waals surface area contributed by atoms with Gasteiger partial charge in [0, 0.05) is 13.1 Å². The van der Waals surface area contributed by atoms with Gasteiger partial charge in [0.2, 0.25) is 0 Å². The van der Waals surface area contributed by atoms with Gasteiger partial charge in [0.25, 0.3) is 0 Å². The Morgan fingerprint density at radius 1 is 1.50 bits per heavy atom. The standard InChI is InChI=1S/C13H19N3O2/c1-3-11-6-7-12(15-14-11)16-8-4-5-10(9-16)13(17)18-2/h6-7,10H,3-5,8-9H2,1-2H3. The monoisotopic (exact) mass is 249 g/mol. The summed E-state index contributed by atoms with van der Waals surface area (Å²) in [5.41, 5.74) is 0.986. The van der Waals surface area contributed by atoms with Crippen molar-refractivity contribution in [1.82, 2.24) is 10.2 Å². The molecule has 98 valence electrons. The zero-order valence-corrected chi connectivity index (χ0v) is 10.9. The second-order valence-electron chi connectivity index (χ2n) is 4.54. The van der Waals surface area contributed by atoms with E-state index in [0.29, 0.717) is 6.54 Å². The number of ether oxygens (including phenoxy) is 1. The summed E-state index contributed by atoms with van der Waals surface area (Å²) in [6, 6.07) is 3.97. The van der Waals surface area contributed by atoms with Crippen molar-refractivity contribution in [2.45, 2.75) is 26.2 Å². The molecule has 1 saturated heterocycles. The number of nitrogens with zero attached hydrogens (tertiary/aromatic N) is 3. The maximum absolute atomic E-state index is 11.6. The molecule has 0 bridgehead atoms. The lowest BCUT2D eigenvalue weighted by atomic mass is 9.98. The van der Waals surface area contributed by atoms with Crippen LogP contribution in [0.25, 0.3) is 0 Å². The normalized spacial score (nSPS) is 19.7. The van der Waals surface area contributed by atoms with Crippen molar-refractivity contribution < 1.29 is 9.53 Å². The Balaban J connectivity index is 2.05. The summed E-state index contributed by atoms with van der Waals surface area (Å²) >= 11 is 0. The largest absolute Gasteiger partial charge is 0.469 e. The lowest BCUT2D eigenvalue weighted by molar-refractivity contribution is -0.145. The van der Waals surface area contributed by atoms with Gasteiger partial charge in [-0.15, -0.1) is 5.10 Å². The first-order valence-corrected chi connectivity index (χ1v) is 6.40. The Kier molecular flexibility index (Phi) is 4.12. The van der Waals surface area contributed by atoms with E-state index < -0.39 is 0 Å². The van der Waals surface area contributed by atoms with Crippen LogP contribution < -0.4 is 4.90 Å². The van der Waals surface area contributed by atoms with Gasteiger partial charge >= 0.3 is 5.97 Å². The van der Waals surface area contributed by atoms with Gasteiger partial charge in [-0.25, -0.2) is 0 Å². The predicted molar refractivity (Wildman–Crippen MR) is 68.4 cm³/mol. The molecule has 0 N–H and O–H groups in total. The number of methoxy groups -OCH3 is 1. The number of carbonyl (C=O) groups is 1. The molecule has 0 aromatic carbocycles. The second kappa shape index (κ2) is 5.80. The van der Waals surface area contributed by atoms with E-state index in [-0.39, 0.29) is 11.9 Å². The molecular formula is C13H19N3O2. The van der Waals surface area contributed by atoms with Crippen LogP contribution in [0.3, 0.4) is 0 Å². The molecule has 18 heavy (non-hydrogen) atoms. The van der Waals surface area contributed by atoms with Gasteiger partial charge in [0.1, 0.15) is 0 Å². The van der Waals surface area contributed by atoms with Crippen LogP contribution in [0.2, 0.25) is 0 Å². The van der Waals surface area contributed by atoms with Gasteiger partial charge in [-0.05, 0) is 31.4 Å². The van der Waals surface area contributed by atoms with Crippen LogP contribution in [0.5, 0.6) is 0 Å². The van der Waals surface area contributed by atoms with Crippen LogP contribution >= 0.6 is 0 Å². The van der Waals surface area contributed by atoms with Gasteiger partial charge in [0.15, 0.2) is 5.82 Å². The summed E-state index contributed by atoms with van der Waals surface area (Å²) in [5.74, 6) is 0.676. The lowest BCUT2D eigenvalue weighted by Crippen LogP contribution is -2.39. The first kappa shape index (κ1) is 12.8. The minimum atomic E-state index is -0.127. The third-order valence-corrected chi connectivity index (χ3v) is 3.35. The second-order valence-corrected chi connectivity index (χ2v) is 4.54. The van der Waals surface area contributed by atoms with E-state index in [1.54, 1.807) is 0 Å². The minimum absolute atomic E-state index is 0.0450. The van der Waals surface area contributed by atoms with E-state index in [1.807, 2.05) is 12.1 Å². The molecule has 5 nitrogen and oxygen atoms in total. The number of hydrogen-bond acceptors (Lipinski definition) is 5. The summed E-state index contributed by atoms with van der Waals surface area (Å²) in [5, 5.41) is 8.37. The van der Waals surface area contributed by atoms with Crippen molar-refractivity contribution in [3.8, 4) is 0 Å². The molecule has 1 fully saturated rings. The van der Waals surface area contributed by atoms with Gasteiger partial charge in [0.05, 0.1) is 18.7 Å². The SMILES string of the molecule is CCc1ccc(N2CCCC(C(=O)OC)C2)nn1. The molecule has 1 aromatic heterocycles. The maximum Gasteiger partial charge on any atom is 0.310 e. The van der Waals surface area contributed by atoms with E-state index in [1.165, 1.54) is 7.11 Å². The molecule has 2 rings (SSSR count). The van der Waals surface area contributed by atoms with Crippen LogP contribution in [-0.4, -0.2) is 36.4 Å². The van der Waals surface area contributed by atoms with Crippen molar-refractivity contribution in [2.24, 2.45) is 5.92 Å². The van der Waals surface area contributed by atoms with E-state index in [9.17, 15) is 4.79 Å². The number of anilines is 1. The van der Waals surface area contributed by atoms with Crippen molar-refractivity contribution in [1.29, 1.82) is 0 Å². The number of esters is 1. The molecule has 1 atom stereocenters. The predicted octanol–water partition coefficient (Wildman–Crippen LogP) is 1.43. The highest BCUT2D eigenvalue weighted by molar-refractivity contribution is 5.73. The Morgan fingerprint density at radius 2 is 2.33 bits per heavy atom. The van der Waals surface area contributed by atoms with Crippen LogP contribution in [0.15, 0.2) is 12.1 Å². The molecule has 1 aromatic rings. The number of piperidine rings is 1. The molecule has 0 aliphatic carbocycles. The minimum Gasteiger partial charge on any atom is -0.469 e. The first-order chi connectivity index (χ1) is 8.74. The third-order valence-electron chi connectivity index (χ3n) is 3.35. The highest BCUT2D eigenvalue weighted by Crippen LogP contribution is 2.22. The summed E-state index contributed by atoms with van der Waals surface area (Å²) in [6.07, 6.45) is 2.76. The molecule has 1 aliphatic rings. The van der Waals surface area contributed by atoms with Crippen molar-refractivity contribution in [2.75, 3.05) is 25.1 Å². The van der Waals surface area contributed by atoms with E-state index in [2.05, 4.69) is 22.0 Å². The topological polar surface area (TPSA) is 55.3 Å². The lowest BCUT2D eigenvalue weighted by Gasteiger charge is -2.31. The Hall–Kier alpha value is -1.65. The van der Waals surface area contributed by atoms with E-state index in [4.69, 9.17) is 4.74 Å². The van der Waals surface area contributed by atoms with Crippen molar-refractivity contribution in [3.63, 3.8) is 0 Å². The fraction of sp³-hybridized carbons (Fsp3) is 0.615. The molecule has 2 heterocycles. The van der Waals surface area contributed by atoms with Crippen LogP contribution in [0.4, 0.5) is 5.82 Å². The van der Waals surface area contributed by atoms with Crippen molar-refractivity contribution >= 4 is 11.8 Å². The summed E-state index contributed by atoms with van der Waals surface area (Å²) < 4.78 is 4.81. The van der Waals surface area contributed by atoms with Gasteiger partial charge in [-0.1, -0.05) is 6.92 Å².